The molecule has 1 saturated carbocycles. The van der Waals surface area contributed by atoms with E-state index in [9.17, 15) is 19.5 Å². The maximum absolute atomic E-state index is 15.5. The summed E-state index contributed by atoms with van der Waals surface area (Å²) in [6, 6.07) is 34.1. The lowest BCUT2D eigenvalue weighted by molar-refractivity contribution is -0.127. The Labute approximate surface area is 338 Å². The second kappa shape index (κ2) is 13.9. The Bertz CT molecular complexity index is 2540. The quantitative estimate of drug-likeness (QED) is 0.1000. The highest BCUT2D eigenvalue weighted by Gasteiger charge is 2.70. The molecule has 0 radical (unpaired) electrons. The second-order valence-electron chi connectivity index (χ2n) is 14.9. The van der Waals surface area contributed by atoms with Gasteiger partial charge in [0.15, 0.2) is 17.3 Å². The highest BCUT2D eigenvalue weighted by atomic mass is 35.5. The number of anilines is 2. The van der Waals surface area contributed by atoms with Gasteiger partial charge in [-0.3, -0.25) is 28.9 Å². The van der Waals surface area contributed by atoms with Crippen LogP contribution < -0.4 is 14.5 Å². The minimum atomic E-state index is -1.53. The Morgan fingerprint density at radius 1 is 0.737 bits per heavy atom. The third kappa shape index (κ3) is 5.47. The number of phenols is 1. The molecule has 2 saturated heterocycles. The molecule has 284 valence electrons. The molecule has 0 spiro atoms. The third-order valence-electron chi connectivity index (χ3n) is 12.2. The van der Waals surface area contributed by atoms with Crippen molar-refractivity contribution in [2.45, 2.75) is 24.2 Å². The van der Waals surface area contributed by atoms with Crippen LogP contribution in [0, 0.1) is 23.7 Å². The summed E-state index contributed by atoms with van der Waals surface area (Å²) in [7, 11) is 1.39. The zero-order valence-corrected chi connectivity index (χ0v) is 32.0. The van der Waals surface area contributed by atoms with Gasteiger partial charge < -0.3 is 9.84 Å². The number of aromatic hydroxyl groups is 1. The van der Waals surface area contributed by atoms with Crippen molar-refractivity contribution in [3.05, 3.63) is 165 Å². The van der Waals surface area contributed by atoms with Crippen molar-refractivity contribution in [2.75, 3.05) is 16.9 Å². The molecule has 0 aromatic heterocycles. The summed E-state index contributed by atoms with van der Waals surface area (Å²) >= 11 is 13.1. The summed E-state index contributed by atoms with van der Waals surface area (Å²) in [4.78, 5) is 75.1. The number of halogens is 2. The van der Waals surface area contributed by atoms with E-state index >= 15 is 9.59 Å². The van der Waals surface area contributed by atoms with Crippen LogP contribution in [0.2, 0.25) is 10.0 Å². The van der Waals surface area contributed by atoms with Gasteiger partial charge in [0, 0.05) is 22.1 Å². The van der Waals surface area contributed by atoms with E-state index in [2.05, 4.69) is 0 Å². The Balaban J connectivity index is 1.19. The highest BCUT2D eigenvalue weighted by Crippen LogP contribution is 2.65. The highest BCUT2D eigenvalue weighted by molar-refractivity contribution is 6.33. The number of rotatable bonds is 7. The normalized spacial score (nSPS) is 25.2. The number of allylic oxidation sites excluding steroid dienone is 2. The first-order valence-corrected chi connectivity index (χ1v) is 19.3. The van der Waals surface area contributed by atoms with Crippen molar-refractivity contribution in [1.82, 2.24) is 0 Å². The maximum atomic E-state index is 15.5. The Morgan fingerprint density at radius 2 is 1.42 bits per heavy atom. The summed E-state index contributed by atoms with van der Waals surface area (Å²) in [5.41, 5.74) is 1.86. The van der Waals surface area contributed by atoms with Crippen molar-refractivity contribution in [2.24, 2.45) is 23.7 Å². The number of amides is 4. The zero-order chi connectivity index (χ0) is 39.7. The number of carbonyl (C=O) groups is 5. The van der Waals surface area contributed by atoms with Crippen molar-refractivity contribution in [3.8, 4) is 11.5 Å². The number of methoxy groups -OCH3 is 1. The summed E-state index contributed by atoms with van der Waals surface area (Å²) in [6.07, 6.45) is 2.25. The van der Waals surface area contributed by atoms with Gasteiger partial charge in [-0.15, -0.1) is 0 Å². The fourth-order valence-electron chi connectivity index (χ4n) is 9.81. The first-order valence-electron chi connectivity index (χ1n) is 18.6. The molecule has 3 fully saturated rings. The Morgan fingerprint density at radius 3 is 2.11 bits per heavy atom. The van der Waals surface area contributed by atoms with Gasteiger partial charge in [0.25, 0.3) is 0 Å². The third-order valence-corrected chi connectivity index (χ3v) is 12.7. The summed E-state index contributed by atoms with van der Waals surface area (Å²) in [5, 5.41) is 11.2. The lowest BCUT2D eigenvalue weighted by atomic mass is 9.49. The first-order chi connectivity index (χ1) is 27.6. The molecule has 0 unspecified atom stereocenters. The van der Waals surface area contributed by atoms with E-state index in [0.29, 0.717) is 38.7 Å². The predicted octanol–water partition coefficient (Wildman–Crippen LogP) is 8.31. The van der Waals surface area contributed by atoms with Crippen molar-refractivity contribution < 1.29 is 33.8 Å². The average Bonchev–Trinajstić information content (AvgIpc) is 3.62. The number of phenolic OH excluding ortho intramolecular Hbond substituents is 1. The maximum Gasteiger partial charge on any atom is 0.246 e. The molecule has 1 N–H and O–H groups in total. The van der Waals surface area contributed by atoms with Crippen LogP contribution in [-0.2, 0) is 24.6 Å². The summed E-state index contributed by atoms with van der Waals surface area (Å²) < 4.78 is 5.55. The monoisotopic (exact) mass is 796 g/mol. The standard InChI is InChI=1S/C46H34Cl2N2O7/c1-57-37-22-27(21-36(48)41(37)52)39-32-19-20-33-38(44(55)49(42(33)53)30-17-15-26(16-18-30)40(51)25-9-4-2-5-10-25)34(32)24-35-43(54)50(31-14-8-13-29(47)23-31)45(56)46(35,39)28-11-6-3-7-12-28/h2-19,21-23,33-35,38-39,52H,20,24H2,1H3/t33-,34+,35-,38-,39-,46+/m0/s1. The Hall–Kier alpha value is -6.03. The zero-order valence-electron chi connectivity index (χ0n) is 30.5. The number of ketones is 1. The minimum Gasteiger partial charge on any atom is -0.503 e. The van der Waals surface area contributed by atoms with Crippen molar-refractivity contribution in [3.63, 3.8) is 0 Å². The lowest BCUT2D eigenvalue weighted by Gasteiger charge is -2.50. The van der Waals surface area contributed by atoms with E-state index in [1.54, 1.807) is 84.9 Å². The fourth-order valence-corrected chi connectivity index (χ4v) is 10.2. The van der Waals surface area contributed by atoms with Crippen LogP contribution in [0.4, 0.5) is 11.4 Å². The second-order valence-corrected chi connectivity index (χ2v) is 15.7. The molecule has 5 aromatic rings. The SMILES string of the molecule is COc1cc([C@H]2C3=CC[C@@H]4C(=O)N(c5ccc(C(=O)c6ccccc6)cc5)C(=O)[C@@H]4[C@@H]3C[C@H]3C(=O)N(c4cccc(Cl)c4)C(=O)[C@@]23c2ccccc2)cc(Cl)c1O. The molecule has 9 rings (SSSR count). The molecule has 6 atom stereocenters. The van der Waals surface area contributed by atoms with Gasteiger partial charge >= 0.3 is 0 Å². The van der Waals surface area contributed by atoms with Crippen LogP contribution in [-0.4, -0.2) is 41.6 Å². The van der Waals surface area contributed by atoms with Gasteiger partial charge in [-0.05, 0) is 84.5 Å². The van der Waals surface area contributed by atoms with E-state index in [0.717, 1.165) is 5.57 Å². The van der Waals surface area contributed by atoms with Gasteiger partial charge in [-0.2, -0.15) is 0 Å². The molecule has 2 aliphatic heterocycles. The molecule has 2 heterocycles. The molecule has 4 aliphatic rings. The average molecular weight is 798 g/mol. The number of hydrogen-bond donors (Lipinski definition) is 1. The Kier molecular flexibility index (Phi) is 8.90. The van der Waals surface area contributed by atoms with Gasteiger partial charge in [0.05, 0.1) is 46.7 Å². The van der Waals surface area contributed by atoms with Crippen LogP contribution in [0.25, 0.3) is 0 Å². The van der Waals surface area contributed by atoms with E-state index in [4.69, 9.17) is 27.9 Å². The van der Waals surface area contributed by atoms with Crippen LogP contribution >= 0.6 is 23.2 Å². The van der Waals surface area contributed by atoms with Gasteiger partial charge in [-0.1, -0.05) is 102 Å². The van der Waals surface area contributed by atoms with Gasteiger partial charge in [0.2, 0.25) is 23.6 Å². The minimum absolute atomic E-state index is 0.0171. The van der Waals surface area contributed by atoms with Crippen LogP contribution in [0.5, 0.6) is 11.5 Å². The van der Waals surface area contributed by atoms with Crippen molar-refractivity contribution in [1.29, 1.82) is 0 Å². The molecule has 11 heteroatoms. The summed E-state index contributed by atoms with van der Waals surface area (Å²) in [6.45, 7) is 0. The van der Waals surface area contributed by atoms with Crippen molar-refractivity contribution >= 4 is 64.0 Å². The van der Waals surface area contributed by atoms with E-state index in [1.165, 1.54) is 16.9 Å². The number of fused-ring (bicyclic) bond motifs is 4. The largest absolute Gasteiger partial charge is 0.503 e. The molecular formula is C46H34Cl2N2O7. The summed E-state index contributed by atoms with van der Waals surface area (Å²) in [5.74, 6) is -6.19. The first kappa shape index (κ1) is 36.6. The molecular weight excluding hydrogens is 763 g/mol. The molecule has 57 heavy (non-hydrogen) atoms. The molecule has 0 bridgehead atoms. The van der Waals surface area contributed by atoms with Crippen LogP contribution in [0.3, 0.4) is 0 Å². The molecule has 2 aliphatic carbocycles. The number of imide groups is 2. The van der Waals surface area contributed by atoms with E-state index < -0.39 is 52.7 Å². The van der Waals surface area contributed by atoms with E-state index in [1.807, 2.05) is 42.5 Å². The predicted molar refractivity (Wildman–Crippen MR) is 215 cm³/mol. The number of ether oxygens (including phenoxy) is 1. The number of hydrogen-bond acceptors (Lipinski definition) is 7. The van der Waals surface area contributed by atoms with Gasteiger partial charge in [-0.25, -0.2) is 4.90 Å². The molecule has 9 nitrogen and oxygen atoms in total. The molecule has 4 amide bonds. The number of carbonyl (C=O) groups excluding carboxylic acids is 5. The van der Waals surface area contributed by atoms with Crippen LogP contribution in [0.15, 0.2) is 133 Å². The fraction of sp³-hybridized carbons (Fsp3) is 0.196. The number of nitrogens with zero attached hydrogens (tertiary/aromatic N) is 2. The molecule has 5 aromatic carbocycles. The van der Waals surface area contributed by atoms with Gasteiger partial charge in [0.1, 0.15) is 0 Å². The smallest absolute Gasteiger partial charge is 0.246 e. The van der Waals surface area contributed by atoms with Crippen LogP contribution in [0.1, 0.15) is 45.8 Å². The number of benzene rings is 5. The van der Waals surface area contributed by atoms with E-state index in [-0.39, 0.29) is 41.1 Å². The lowest BCUT2D eigenvalue weighted by Crippen LogP contribution is -2.53. The topological polar surface area (TPSA) is 121 Å².